The van der Waals surface area contributed by atoms with Crippen molar-refractivity contribution in [1.29, 1.82) is 0 Å². The van der Waals surface area contributed by atoms with E-state index in [9.17, 15) is 4.79 Å². The Morgan fingerprint density at radius 2 is 1.93 bits per heavy atom. The monoisotopic (exact) mass is 397 g/mol. The molecule has 0 spiro atoms. The maximum absolute atomic E-state index is 12.7. The van der Waals surface area contributed by atoms with E-state index in [0.717, 1.165) is 68.5 Å². The Balaban J connectivity index is 1.28. The number of hydrogen-bond acceptors (Lipinski definition) is 5. The van der Waals surface area contributed by atoms with E-state index >= 15 is 0 Å². The van der Waals surface area contributed by atoms with Gasteiger partial charge in [0.15, 0.2) is 0 Å². The van der Waals surface area contributed by atoms with Crippen LogP contribution in [0.1, 0.15) is 49.8 Å². The Kier molecular flexibility index (Phi) is 6.13. The quantitative estimate of drug-likeness (QED) is 0.810. The predicted molar refractivity (Wildman–Crippen MR) is 111 cm³/mol. The minimum absolute atomic E-state index is 0.201. The van der Waals surface area contributed by atoms with Crippen LogP contribution in [0.3, 0.4) is 0 Å². The van der Waals surface area contributed by atoms with E-state index in [1.54, 1.807) is 0 Å². The smallest absolute Gasteiger partial charge is 0.226 e. The van der Waals surface area contributed by atoms with Crippen LogP contribution < -0.4 is 10.1 Å². The Labute approximate surface area is 172 Å². The van der Waals surface area contributed by atoms with Crippen LogP contribution in [0, 0.1) is 5.92 Å². The van der Waals surface area contributed by atoms with Gasteiger partial charge in [0, 0.05) is 32.1 Å². The standard InChI is InChI=1S/C22H31N5O2/c1-16(2)15-29-19-5-3-17(4-6-19)13-21(28)26-10-7-18(8-11-26)22-25-24-20-14-23-9-12-27(20)22/h3-6,16,18,23H,7-15H2,1-2H3. The van der Waals surface area contributed by atoms with Crippen molar-refractivity contribution in [3.05, 3.63) is 41.5 Å². The van der Waals surface area contributed by atoms with Crippen LogP contribution >= 0.6 is 0 Å². The van der Waals surface area contributed by atoms with Gasteiger partial charge in [0.25, 0.3) is 0 Å². The normalized spacial score (nSPS) is 17.4. The molecule has 2 aromatic rings. The Morgan fingerprint density at radius 3 is 2.66 bits per heavy atom. The van der Waals surface area contributed by atoms with E-state index in [-0.39, 0.29) is 5.91 Å². The lowest BCUT2D eigenvalue weighted by Crippen LogP contribution is -2.39. The SMILES string of the molecule is CC(C)COc1ccc(CC(=O)N2CCC(c3nnc4n3CCNC4)CC2)cc1. The Morgan fingerprint density at radius 1 is 1.17 bits per heavy atom. The molecule has 1 aromatic carbocycles. The van der Waals surface area contributed by atoms with Gasteiger partial charge in [0.1, 0.15) is 17.4 Å². The number of carbonyl (C=O) groups is 1. The summed E-state index contributed by atoms with van der Waals surface area (Å²) in [5, 5.41) is 12.1. The third-order valence-corrected chi connectivity index (χ3v) is 5.73. The zero-order valence-corrected chi connectivity index (χ0v) is 17.4. The number of piperidine rings is 1. The number of nitrogens with zero attached hydrogens (tertiary/aromatic N) is 4. The molecule has 0 radical (unpaired) electrons. The third-order valence-electron chi connectivity index (χ3n) is 5.73. The molecule has 1 saturated heterocycles. The number of fused-ring (bicyclic) bond motifs is 1. The summed E-state index contributed by atoms with van der Waals surface area (Å²) in [6, 6.07) is 7.91. The molecule has 156 valence electrons. The van der Waals surface area contributed by atoms with Crippen LogP contribution in [-0.2, 0) is 24.3 Å². The summed E-state index contributed by atoms with van der Waals surface area (Å²) in [6.45, 7) is 9.25. The zero-order valence-electron chi connectivity index (χ0n) is 17.4. The largest absolute Gasteiger partial charge is 0.493 e. The molecule has 2 aliphatic rings. The van der Waals surface area contributed by atoms with Gasteiger partial charge in [-0.25, -0.2) is 0 Å². The molecule has 1 aromatic heterocycles. The van der Waals surface area contributed by atoms with E-state index in [2.05, 4.69) is 33.9 Å². The zero-order chi connectivity index (χ0) is 20.2. The molecule has 0 aliphatic carbocycles. The maximum atomic E-state index is 12.7. The maximum Gasteiger partial charge on any atom is 0.226 e. The summed E-state index contributed by atoms with van der Waals surface area (Å²) >= 11 is 0. The number of amides is 1. The van der Waals surface area contributed by atoms with E-state index in [4.69, 9.17) is 4.74 Å². The highest BCUT2D eigenvalue weighted by Crippen LogP contribution is 2.28. The minimum Gasteiger partial charge on any atom is -0.493 e. The van der Waals surface area contributed by atoms with Crippen molar-refractivity contribution in [3.63, 3.8) is 0 Å². The van der Waals surface area contributed by atoms with E-state index in [1.807, 2.05) is 29.2 Å². The molecule has 2 aliphatic heterocycles. The molecular weight excluding hydrogens is 366 g/mol. The fraction of sp³-hybridized carbons (Fsp3) is 0.591. The van der Waals surface area contributed by atoms with Crippen molar-refractivity contribution in [2.75, 3.05) is 26.2 Å². The summed E-state index contributed by atoms with van der Waals surface area (Å²) in [4.78, 5) is 14.7. The molecular formula is C22H31N5O2. The second-order valence-corrected chi connectivity index (χ2v) is 8.48. The van der Waals surface area contributed by atoms with Gasteiger partial charge in [0.05, 0.1) is 19.6 Å². The van der Waals surface area contributed by atoms with Crippen molar-refractivity contribution < 1.29 is 9.53 Å². The molecule has 0 atom stereocenters. The summed E-state index contributed by atoms with van der Waals surface area (Å²) < 4.78 is 7.98. The molecule has 1 fully saturated rings. The molecule has 1 amide bonds. The first-order chi connectivity index (χ1) is 14.1. The lowest BCUT2D eigenvalue weighted by molar-refractivity contribution is -0.131. The van der Waals surface area contributed by atoms with Crippen LogP contribution in [0.4, 0.5) is 0 Å². The first-order valence-corrected chi connectivity index (χ1v) is 10.7. The van der Waals surface area contributed by atoms with Gasteiger partial charge >= 0.3 is 0 Å². The molecule has 0 saturated carbocycles. The van der Waals surface area contributed by atoms with Gasteiger partial charge in [-0.05, 0) is 36.5 Å². The van der Waals surface area contributed by atoms with Crippen molar-refractivity contribution in [2.45, 2.75) is 52.1 Å². The van der Waals surface area contributed by atoms with E-state index < -0.39 is 0 Å². The van der Waals surface area contributed by atoms with Crippen molar-refractivity contribution in [2.24, 2.45) is 5.92 Å². The van der Waals surface area contributed by atoms with Crippen LogP contribution in [0.25, 0.3) is 0 Å². The van der Waals surface area contributed by atoms with Crippen LogP contribution in [0.2, 0.25) is 0 Å². The van der Waals surface area contributed by atoms with Gasteiger partial charge in [-0.1, -0.05) is 26.0 Å². The van der Waals surface area contributed by atoms with Gasteiger partial charge in [-0.15, -0.1) is 10.2 Å². The fourth-order valence-electron chi connectivity index (χ4n) is 4.06. The fourth-order valence-corrected chi connectivity index (χ4v) is 4.06. The number of hydrogen-bond donors (Lipinski definition) is 1. The number of nitrogens with one attached hydrogen (secondary N) is 1. The third kappa shape index (κ3) is 4.78. The summed E-state index contributed by atoms with van der Waals surface area (Å²) in [5.74, 6) is 4.10. The molecule has 3 heterocycles. The van der Waals surface area contributed by atoms with Crippen molar-refractivity contribution in [3.8, 4) is 5.75 Å². The van der Waals surface area contributed by atoms with E-state index in [1.165, 1.54) is 0 Å². The molecule has 1 N–H and O–H groups in total. The van der Waals surface area contributed by atoms with Gasteiger partial charge in [-0.2, -0.15) is 0 Å². The molecule has 29 heavy (non-hydrogen) atoms. The Bertz CT molecular complexity index is 822. The molecule has 0 bridgehead atoms. The highest BCUT2D eigenvalue weighted by molar-refractivity contribution is 5.78. The first-order valence-electron chi connectivity index (χ1n) is 10.7. The highest BCUT2D eigenvalue weighted by atomic mass is 16.5. The number of benzene rings is 1. The molecule has 4 rings (SSSR count). The lowest BCUT2D eigenvalue weighted by Gasteiger charge is -2.32. The topological polar surface area (TPSA) is 72.3 Å². The molecule has 7 heteroatoms. The number of likely N-dealkylation sites (tertiary alicyclic amines) is 1. The lowest BCUT2D eigenvalue weighted by atomic mass is 9.95. The first kappa shape index (κ1) is 19.9. The molecule has 0 unspecified atom stereocenters. The number of ether oxygens (including phenoxy) is 1. The summed E-state index contributed by atoms with van der Waals surface area (Å²) in [6.07, 6.45) is 2.36. The number of aromatic nitrogens is 3. The average molecular weight is 398 g/mol. The minimum atomic E-state index is 0.201. The van der Waals surface area contributed by atoms with Gasteiger partial charge < -0.3 is 19.5 Å². The average Bonchev–Trinajstić information content (AvgIpc) is 3.17. The number of rotatable bonds is 6. The van der Waals surface area contributed by atoms with Crippen LogP contribution in [-0.4, -0.2) is 51.8 Å². The second-order valence-electron chi connectivity index (χ2n) is 8.48. The van der Waals surface area contributed by atoms with Crippen molar-refractivity contribution >= 4 is 5.91 Å². The van der Waals surface area contributed by atoms with Crippen LogP contribution in [0.5, 0.6) is 5.75 Å². The van der Waals surface area contributed by atoms with Gasteiger partial charge in [-0.3, -0.25) is 4.79 Å². The predicted octanol–water partition coefficient (Wildman–Crippen LogP) is 2.36. The second kappa shape index (κ2) is 8.95. The van der Waals surface area contributed by atoms with Crippen molar-refractivity contribution in [1.82, 2.24) is 25.0 Å². The summed E-state index contributed by atoms with van der Waals surface area (Å²) in [7, 11) is 0. The highest BCUT2D eigenvalue weighted by Gasteiger charge is 2.28. The van der Waals surface area contributed by atoms with Crippen LogP contribution in [0.15, 0.2) is 24.3 Å². The number of carbonyl (C=O) groups excluding carboxylic acids is 1. The van der Waals surface area contributed by atoms with Gasteiger partial charge in [0.2, 0.25) is 5.91 Å². The Hall–Kier alpha value is -2.41. The molecule has 7 nitrogen and oxygen atoms in total. The van der Waals surface area contributed by atoms with E-state index in [0.29, 0.717) is 24.9 Å². The summed E-state index contributed by atoms with van der Waals surface area (Å²) in [5.41, 5.74) is 1.04.